The lowest BCUT2D eigenvalue weighted by molar-refractivity contribution is 0.1000. The van der Waals surface area contributed by atoms with Crippen LogP contribution in [-0.2, 0) is 0 Å². The minimum absolute atomic E-state index is 0.413. The van der Waals surface area contributed by atoms with Gasteiger partial charge in [0.15, 0.2) is 0 Å². The Balaban J connectivity index is 2.35. The number of amides is 1. The molecule has 0 radical (unpaired) electrons. The van der Waals surface area contributed by atoms with Crippen molar-refractivity contribution >= 4 is 23.9 Å². The molecule has 2 aliphatic rings. The lowest BCUT2D eigenvalue weighted by Gasteiger charge is -2.08. The van der Waals surface area contributed by atoms with Crippen LogP contribution in [0.15, 0.2) is 47.0 Å². The zero-order valence-corrected chi connectivity index (χ0v) is 9.76. The number of primary amides is 1. The molecule has 1 aromatic rings. The number of nitrogens with two attached hydrogens (primary N) is 1. The van der Waals surface area contributed by atoms with Crippen LogP contribution in [0.25, 0.3) is 11.8 Å². The lowest BCUT2D eigenvalue weighted by Crippen LogP contribution is -2.29. The van der Waals surface area contributed by atoms with Crippen LogP contribution in [0.4, 0.5) is 0 Å². The van der Waals surface area contributed by atoms with Gasteiger partial charge in [-0.2, -0.15) is 0 Å². The third-order valence-corrected chi connectivity index (χ3v) is 3.17. The number of allylic oxidation sites excluding steroid dienone is 4. The Labute approximate surface area is 104 Å². The number of carbonyl (C=O) groups excluding carboxylic acids is 1. The van der Waals surface area contributed by atoms with Gasteiger partial charge in [0.1, 0.15) is 0 Å². The molecule has 1 aromatic carbocycles. The van der Waals surface area contributed by atoms with Crippen molar-refractivity contribution < 1.29 is 4.79 Å². The summed E-state index contributed by atoms with van der Waals surface area (Å²) in [6.45, 7) is 0. The number of fused-ring (bicyclic) bond motifs is 2. The van der Waals surface area contributed by atoms with Crippen molar-refractivity contribution in [3.05, 3.63) is 58.0 Å². The van der Waals surface area contributed by atoms with Gasteiger partial charge < -0.3 is 5.73 Å². The molecule has 88 valence electrons. The van der Waals surface area contributed by atoms with Gasteiger partial charge >= 0.3 is 0 Å². The highest BCUT2D eigenvalue weighted by molar-refractivity contribution is 5.99. The molecule has 18 heavy (non-hydrogen) atoms. The van der Waals surface area contributed by atoms with Crippen molar-refractivity contribution in [2.24, 2.45) is 10.7 Å². The van der Waals surface area contributed by atoms with Gasteiger partial charge in [0.05, 0.1) is 0 Å². The average Bonchev–Trinajstić information content (AvgIpc) is 2.57. The summed E-state index contributed by atoms with van der Waals surface area (Å²) >= 11 is 0. The quantitative estimate of drug-likeness (QED) is 0.764. The summed E-state index contributed by atoms with van der Waals surface area (Å²) in [6.07, 6.45) is 10.7. The Morgan fingerprint density at radius 3 is 3.06 bits per heavy atom. The lowest BCUT2D eigenvalue weighted by atomic mass is 9.95. The van der Waals surface area contributed by atoms with E-state index in [9.17, 15) is 4.79 Å². The van der Waals surface area contributed by atoms with Crippen molar-refractivity contribution in [1.29, 1.82) is 0 Å². The van der Waals surface area contributed by atoms with Crippen LogP contribution in [0.1, 0.15) is 16.8 Å². The fraction of sp³-hybridized carbons (Fsp3) is 0.0667. The molecule has 0 bridgehead atoms. The van der Waals surface area contributed by atoms with Gasteiger partial charge in [-0.3, -0.25) is 9.79 Å². The van der Waals surface area contributed by atoms with Gasteiger partial charge in [-0.05, 0) is 34.9 Å². The van der Waals surface area contributed by atoms with Crippen LogP contribution < -0.4 is 16.2 Å². The first-order chi connectivity index (χ1) is 8.75. The van der Waals surface area contributed by atoms with Crippen molar-refractivity contribution in [1.82, 2.24) is 0 Å². The molecule has 0 aromatic heterocycles. The van der Waals surface area contributed by atoms with Gasteiger partial charge in [0.25, 0.3) is 0 Å². The third kappa shape index (κ3) is 1.70. The van der Waals surface area contributed by atoms with E-state index < -0.39 is 5.91 Å². The second kappa shape index (κ2) is 4.11. The molecule has 0 unspecified atom stereocenters. The monoisotopic (exact) mass is 236 g/mol. The normalized spacial score (nSPS) is 16.2. The maximum absolute atomic E-state index is 11.2. The summed E-state index contributed by atoms with van der Waals surface area (Å²) < 4.78 is 0. The highest BCUT2D eigenvalue weighted by Crippen LogP contribution is 2.18. The van der Waals surface area contributed by atoms with Crippen molar-refractivity contribution in [2.45, 2.75) is 6.42 Å². The molecule has 3 heteroatoms. The van der Waals surface area contributed by atoms with Gasteiger partial charge in [-0.15, -0.1) is 0 Å². The summed E-state index contributed by atoms with van der Waals surface area (Å²) in [6, 6.07) is 5.51. The molecular formula is C15H12N2O. The van der Waals surface area contributed by atoms with Gasteiger partial charge in [0.2, 0.25) is 5.91 Å². The average molecular weight is 236 g/mol. The van der Waals surface area contributed by atoms with E-state index in [4.69, 9.17) is 5.73 Å². The number of benzene rings is 1. The third-order valence-electron chi connectivity index (χ3n) is 3.17. The molecule has 1 aliphatic carbocycles. The Morgan fingerprint density at radius 2 is 2.22 bits per heavy atom. The number of hydrogen-bond acceptors (Lipinski definition) is 2. The van der Waals surface area contributed by atoms with E-state index in [1.165, 1.54) is 5.57 Å². The number of nitrogens with zero attached hydrogens (tertiary/aromatic N) is 1. The summed E-state index contributed by atoms with van der Waals surface area (Å²) in [5.74, 6) is -0.413. The topological polar surface area (TPSA) is 55.5 Å². The van der Waals surface area contributed by atoms with Crippen LogP contribution >= 0.6 is 0 Å². The SMILES string of the molecule is NC(=O)c1ccc2c(c1)=CN=CC1=CC=CCC=21. The number of aliphatic imine (C=N–C) groups is 1. The summed E-state index contributed by atoms with van der Waals surface area (Å²) in [5.41, 5.74) is 8.17. The van der Waals surface area contributed by atoms with Gasteiger partial charge in [-0.1, -0.05) is 24.3 Å². The van der Waals surface area contributed by atoms with E-state index in [0.717, 1.165) is 22.4 Å². The van der Waals surface area contributed by atoms with E-state index in [1.54, 1.807) is 18.3 Å². The molecule has 0 atom stereocenters. The standard InChI is InChI=1S/C15H12N2O/c16-15(18)10-5-6-14-12(7-10)9-17-8-11-3-1-2-4-13(11)14/h1-3,5-9H,4H2,(H2,16,18). The molecule has 2 N–H and O–H groups in total. The van der Waals surface area contributed by atoms with Crippen molar-refractivity contribution in [3.63, 3.8) is 0 Å². The van der Waals surface area contributed by atoms with Gasteiger partial charge in [0, 0.05) is 23.2 Å². The summed E-state index contributed by atoms with van der Waals surface area (Å²) in [7, 11) is 0. The molecule has 0 saturated heterocycles. The molecule has 1 amide bonds. The van der Waals surface area contributed by atoms with Crippen molar-refractivity contribution in [3.8, 4) is 0 Å². The molecule has 0 saturated carbocycles. The molecule has 1 heterocycles. The zero-order valence-electron chi connectivity index (χ0n) is 9.76. The van der Waals surface area contributed by atoms with Crippen LogP contribution in [0.3, 0.4) is 0 Å². The number of hydrogen-bond donors (Lipinski definition) is 1. The van der Waals surface area contributed by atoms with Crippen molar-refractivity contribution in [2.75, 3.05) is 0 Å². The molecule has 0 spiro atoms. The number of carbonyl (C=O) groups is 1. The second-order valence-corrected chi connectivity index (χ2v) is 4.31. The largest absolute Gasteiger partial charge is 0.366 e. The van der Waals surface area contributed by atoms with E-state index in [2.05, 4.69) is 11.1 Å². The first-order valence-electron chi connectivity index (χ1n) is 5.79. The maximum Gasteiger partial charge on any atom is 0.248 e. The Hall–Kier alpha value is -2.42. The molecule has 3 rings (SSSR count). The highest BCUT2D eigenvalue weighted by Gasteiger charge is 2.09. The Morgan fingerprint density at radius 1 is 1.33 bits per heavy atom. The molecular weight excluding hydrogens is 224 g/mol. The second-order valence-electron chi connectivity index (χ2n) is 4.31. The minimum atomic E-state index is -0.413. The van der Waals surface area contributed by atoms with Gasteiger partial charge in [-0.25, -0.2) is 0 Å². The van der Waals surface area contributed by atoms with Crippen LogP contribution in [0.5, 0.6) is 0 Å². The van der Waals surface area contributed by atoms with E-state index in [1.807, 2.05) is 24.4 Å². The molecule has 0 fully saturated rings. The smallest absolute Gasteiger partial charge is 0.248 e. The fourth-order valence-corrected chi connectivity index (χ4v) is 2.26. The summed E-state index contributed by atoms with van der Waals surface area (Å²) in [5, 5.41) is 2.06. The predicted octanol–water partition coefficient (Wildman–Crippen LogP) is 0.645. The molecule has 1 aliphatic heterocycles. The van der Waals surface area contributed by atoms with E-state index >= 15 is 0 Å². The zero-order chi connectivity index (χ0) is 12.5. The fourth-order valence-electron chi connectivity index (χ4n) is 2.26. The van der Waals surface area contributed by atoms with E-state index in [0.29, 0.717) is 5.56 Å². The Kier molecular flexibility index (Phi) is 2.45. The highest BCUT2D eigenvalue weighted by atomic mass is 16.1. The van der Waals surface area contributed by atoms with Crippen LogP contribution in [0, 0.1) is 0 Å². The maximum atomic E-state index is 11.2. The first-order valence-corrected chi connectivity index (χ1v) is 5.79. The number of rotatable bonds is 1. The first kappa shape index (κ1) is 10.7. The summed E-state index contributed by atoms with van der Waals surface area (Å²) in [4.78, 5) is 15.5. The Bertz CT molecular complexity index is 736. The van der Waals surface area contributed by atoms with Crippen LogP contribution in [-0.4, -0.2) is 12.1 Å². The minimum Gasteiger partial charge on any atom is -0.366 e. The molecule has 3 nitrogen and oxygen atoms in total. The van der Waals surface area contributed by atoms with Crippen LogP contribution in [0.2, 0.25) is 0 Å². The predicted molar refractivity (Wildman–Crippen MR) is 72.4 cm³/mol. The van der Waals surface area contributed by atoms with E-state index in [-0.39, 0.29) is 0 Å².